The minimum atomic E-state index is -0.857. The monoisotopic (exact) mass is 316 g/mol. The Morgan fingerprint density at radius 3 is 2.39 bits per heavy atom. The van der Waals surface area contributed by atoms with Gasteiger partial charge in [-0.25, -0.2) is 0 Å². The highest BCUT2D eigenvalue weighted by molar-refractivity contribution is 5.16. The van der Waals surface area contributed by atoms with Gasteiger partial charge in [-0.15, -0.1) is 6.42 Å². The topological polar surface area (TPSA) is 40.5 Å². The Kier molecular flexibility index (Phi) is 3.47. The molecule has 8 atom stereocenters. The first-order valence-corrected chi connectivity index (χ1v) is 9.71. The van der Waals surface area contributed by atoms with E-state index >= 15 is 0 Å². The Hall–Kier alpha value is -0.520. The van der Waals surface area contributed by atoms with Crippen LogP contribution in [0, 0.1) is 46.8 Å². The summed E-state index contributed by atoms with van der Waals surface area (Å²) in [4.78, 5) is 0. The van der Waals surface area contributed by atoms with Crippen molar-refractivity contribution in [1.29, 1.82) is 0 Å². The van der Waals surface area contributed by atoms with E-state index in [1.54, 1.807) is 0 Å². The smallest absolute Gasteiger partial charge is 0.125 e. The average Bonchev–Trinajstić information content (AvgIpc) is 2.84. The van der Waals surface area contributed by atoms with E-state index in [0.29, 0.717) is 17.3 Å². The summed E-state index contributed by atoms with van der Waals surface area (Å²) in [7, 11) is 0. The number of rotatable bonds is 0. The van der Waals surface area contributed by atoms with E-state index in [9.17, 15) is 10.2 Å². The largest absolute Gasteiger partial charge is 0.393 e. The van der Waals surface area contributed by atoms with Crippen LogP contribution >= 0.6 is 0 Å². The van der Waals surface area contributed by atoms with Gasteiger partial charge in [0.15, 0.2) is 0 Å². The van der Waals surface area contributed by atoms with Crippen LogP contribution in [0.15, 0.2) is 0 Å². The number of aliphatic hydroxyl groups excluding tert-OH is 1. The average molecular weight is 316 g/mol. The van der Waals surface area contributed by atoms with Gasteiger partial charge in [0.25, 0.3) is 0 Å². The Bertz CT molecular complexity index is 536. The van der Waals surface area contributed by atoms with Crippen molar-refractivity contribution in [3.8, 4) is 12.3 Å². The summed E-state index contributed by atoms with van der Waals surface area (Å²) < 4.78 is 0. The minimum absolute atomic E-state index is 0.0862. The summed E-state index contributed by atoms with van der Waals surface area (Å²) in [6.07, 6.45) is 15.3. The molecule has 4 saturated carbocycles. The van der Waals surface area contributed by atoms with Crippen molar-refractivity contribution >= 4 is 0 Å². The normalized spacial score (nSPS) is 58.7. The fourth-order valence-electron chi connectivity index (χ4n) is 7.35. The Balaban J connectivity index is 1.61. The van der Waals surface area contributed by atoms with Gasteiger partial charge in [-0.3, -0.25) is 0 Å². The van der Waals surface area contributed by atoms with Crippen LogP contribution in [0.3, 0.4) is 0 Å². The molecule has 4 rings (SSSR count). The second kappa shape index (κ2) is 4.99. The van der Waals surface area contributed by atoms with Crippen molar-refractivity contribution in [1.82, 2.24) is 0 Å². The lowest BCUT2D eigenvalue weighted by Gasteiger charge is -2.61. The van der Waals surface area contributed by atoms with Crippen LogP contribution in [0.2, 0.25) is 0 Å². The summed E-state index contributed by atoms with van der Waals surface area (Å²) in [6.45, 7) is 4.83. The molecule has 7 unspecified atom stereocenters. The molecule has 0 spiro atoms. The highest BCUT2D eigenvalue weighted by Crippen LogP contribution is 2.66. The van der Waals surface area contributed by atoms with Crippen LogP contribution in [0.5, 0.6) is 0 Å². The molecule has 0 aliphatic heterocycles. The molecule has 0 aromatic heterocycles. The van der Waals surface area contributed by atoms with Gasteiger partial charge in [0.2, 0.25) is 0 Å². The fraction of sp³-hybridized carbons (Fsp3) is 0.905. The molecule has 0 bridgehead atoms. The van der Waals surface area contributed by atoms with Gasteiger partial charge < -0.3 is 10.2 Å². The quantitative estimate of drug-likeness (QED) is 0.668. The van der Waals surface area contributed by atoms with E-state index < -0.39 is 5.60 Å². The maximum Gasteiger partial charge on any atom is 0.125 e. The highest BCUT2D eigenvalue weighted by atomic mass is 16.3. The molecule has 0 aromatic carbocycles. The molecule has 0 aromatic rings. The summed E-state index contributed by atoms with van der Waals surface area (Å²) in [6, 6.07) is 0. The molecule has 2 N–H and O–H groups in total. The first kappa shape index (κ1) is 16.0. The first-order valence-electron chi connectivity index (χ1n) is 9.71. The molecule has 4 fully saturated rings. The van der Waals surface area contributed by atoms with Crippen LogP contribution in [-0.4, -0.2) is 21.9 Å². The van der Waals surface area contributed by atoms with Gasteiger partial charge in [-0.05, 0) is 92.3 Å². The van der Waals surface area contributed by atoms with E-state index in [-0.39, 0.29) is 11.5 Å². The van der Waals surface area contributed by atoms with Crippen molar-refractivity contribution < 1.29 is 10.2 Å². The zero-order valence-corrected chi connectivity index (χ0v) is 14.7. The molecule has 0 saturated heterocycles. The van der Waals surface area contributed by atoms with Crippen LogP contribution in [-0.2, 0) is 0 Å². The van der Waals surface area contributed by atoms with Crippen LogP contribution in [0.4, 0.5) is 0 Å². The summed E-state index contributed by atoms with van der Waals surface area (Å²) >= 11 is 0. The fourth-order valence-corrected chi connectivity index (χ4v) is 7.35. The molecule has 2 heteroatoms. The summed E-state index contributed by atoms with van der Waals surface area (Å²) in [5.74, 6) is 5.51. The molecule has 2 nitrogen and oxygen atoms in total. The molecule has 4 aliphatic carbocycles. The van der Waals surface area contributed by atoms with E-state index in [2.05, 4.69) is 19.8 Å². The predicted molar refractivity (Wildman–Crippen MR) is 91.5 cm³/mol. The third kappa shape index (κ3) is 2.09. The number of hydrogen-bond donors (Lipinski definition) is 2. The van der Waals surface area contributed by atoms with Crippen molar-refractivity contribution in [2.45, 2.75) is 83.3 Å². The van der Waals surface area contributed by atoms with Crippen molar-refractivity contribution in [2.24, 2.45) is 34.5 Å². The van der Waals surface area contributed by atoms with Crippen LogP contribution < -0.4 is 0 Å². The maximum atomic E-state index is 10.6. The molecular formula is C21H32O2. The third-order valence-electron chi connectivity index (χ3n) is 8.95. The predicted octanol–water partition coefficient (Wildman–Crippen LogP) is 3.75. The third-order valence-corrected chi connectivity index (χ3v) is 8.95. The lowest BCUT2D eigenvalue weighted by Crippen LogP contribution is -2.56. The SMILES string of the molecule is C#CC1(O)CCC2(C)C3CCC4(C)C(O)CCC4C3CC[C@H]2C1. The molecular weight excluding hydrogens is 284 g/mol. The van der Waals surface area contributed by atoms with Gasteiger partial charge in [-0.1, -0.05) is 19.8 Å². The van der Waals surface area contributed by atoms with Crippen LogP contribution in [0.25, 0.3) is 0 Å². The van der Waals surface area contributed by atoms with Gasteiger partial charge in [-0.2, -0.15) is 0 Å². The molecule has 23 heavy (non-hydrogen) atoms. The highest BCUT2D eigenvalue weighted by Gasteiger charge is 2.60. The Labute approximate surface area is 141 Å². The van der Waals surface area contributed by atoms with Gasteiger partial charge in [0.05, 0.1) is 6.10 Å². The molecule has 4 aliphatic rings. The molecule has 0 heterocycles. The maximum absolute atomic E-state index is 10.6. The van der Waals surface area contributed by atoms with Gasteiger partial charge in [0, 0.05) is 0 Å². The van der Waals surface area contributed by atoms with Crippen molar-refractivity contribution in [2.75, 3.05) is 0 Å². The second-order valence-electron chi connectivity index (χ2n) is 9.67. The Morgan fingerprint density at radius 2 is 1.65 bits per heavy atom. The number of fused-ring (bicyclic) bond motifs is 5. The zero-order valence-electron chi connectivity index (χ0n) is 14.7. The number of aliphatic hydroxyl groups is 2. The number of hydrogen-bond acceptors (Lipinski definition) is 2. The summed E-state index contributed by atoms with van der Waals surface area (Å²) in [5, 5.41) is 21.1. The first-order chi connectivity index (χ1) is 10.8. The van der Waals surface area contributed by atoms with Crippen molar-refractivity contribution in [3.05, 3.63) is 0 Å². The lowest BCUT2D eigenvalue weighted by molar-refractivity contribution is -0.143. The molecule has 128 valence electrons. The Morgan fingerprint density at radius 1 is 0.913 bits per heavy atom. The summed E-state index contributed by atoms with van der Waals surface area (Å²) in [5.41, 5.74) is -0.344. The molecule has 0 radical (unpaired) electrons. The lowest BCUT2D eigenvalue weighted by atomic mass is 9.44. The van der Waals surface area contributed by atoms with Crippen molar-refractivity contribution in [3.63, 3.8) is 0 Å². The van der Waals surface area contributed by atoms with E-state index in [4.69, 9.17) is 6.42 Å². The minimum Gasteiger partial charge on any atom is -0.393 e. The molecule has 0 amide bonds. The second-order valence-corrected chi connectivity index (χ2v) is 9.67. The van der Waals surface area contributed by atoms with E-state index in [0.717, 1.165) is 37.5 Å². The standard InChI is InChI=1S/C21H32O2/c1-4-21(23)12-11-19(2)14(13-21)5-6-15-16-7-8-18(22)20(16,3)10-9-17(15)19/h1,14-18,22-23H,5-13H2,2-3H3/t14-,15?,16?,17?,18?,19?,20?,21?/m0/s1. The zero-order chi connectivity index (χ0) is 16.5. The van der Waals surface area contributed by atoms with E-state index in [1.165, 1.54) is 32.1 Å². The number of terminal acetylenes is 1. The van der Waals surface area contributed by atoms with Gasteiger partial charge in [0.1, 0.15) is 5.60 Å². The van der Waals surface area contributed by atoms with E-state index in [1.807, 2.05) is 0 Å². The van der Waals surface area contributed by atoms with Crippen LogP contribution in [0.1, 0.15) is 71.6 Å². The van der Waals surface area contributed by atoms with Gasteiger partial charge >= 0.3 is 0 Å².